The summed E-state index contributed by atoms with van der Waals surface area (Å²) in [5, 5.41) is 10.3. The molecule has 9 nitrogen and oxygen atoms in total. The van der Waals surface area contributed by atoms with Crippen molar-refractivity contribution in [3.05, 3.63) is 95.4 Å². The quantitative estimate of drug-likeness (QED) is 0.205. The number of carbonyl (C=O) groups excluding carboxylic acids is 2. The summed E-state index contributed by atoms with van der Waals surface area (Å²) in [5.74, 6) is -0.326. The molecular weight excluding hydrogens is 611 g/mol. The summed E-state index contributed by atoms with van der Waals surface area (Å²) in [4.78, 5) is 29.7. The number of alkyl halides is 3. The van der Waals surface area contributed by atoms with Crippen LogP contribution in [0.3, 0.4) is 0 Å². The number of rotatable bonds is 8. The Labute approximate surface area is 271 Å². The first-order valence-electron chi connectivity index (χ1n) is 15.4. The number of amides is 2. The van der Waals surface area contributed by atoms with Gasteiger partial charge in [0.1, 0.15) is 5.60 Å². The number of hydrogen-bond acceptors (Lipinski definition) is 6. The first-order valence-corrected chi connectivity index (χ1v) is 15.4. The van der Waals surface area contributed by atoms with Gasteiger partial charge in [-0.15, -0.1) is 0 Å². The standard InChI is InChI=1S/C35H38F3N5O4/c1-22(41-32(44)27-17-26(19-39-20-27)31-11-14-43(42-31)29-12-15-46-16-13-29)23-5-7-24(8-6-23)30-18-28(35(36,37)38)10-9-25(30)21-40-33(45)47-34(2,3)4/h5-11,14,17-20,22,29H,12-13,15-16,21H2,1-4H3,(H,40,45)(H,41,44)/t22-/m1/s1. The highest BCUT2D eigenvalue weighted by molar-refractivity contribution is 5.95. The van der Waals surface area contributed by atoms with E-state index in [9.17, 15) is 22.8 Å². The van der Waals surface area contributed by atoms with E-state index in [0.29, 0.717) is 35.5 Å². The molecule has 0 radical (unpaired) electrons. The van der Waals surface area contributed by atoms with Crippen LogP contribution in [0.4, 0.5) is 18.0 Å². The van der Waals surface area contributed by atoms with Gasteiger partial charge in [0.05, 0.1) is 28.9 Å². The fourth-order valence-corrected chi connectivity index (χ4v) is 5.32. The number of carbonyl (C=O) groups is 2. The van der Waals surface area contributed by atoms with E-state index in [1.165, 1.54) is 12.3 Å². The summed E-state index contributed by atoms with van der Waals surface area (Å²) in [6.45, 7) is 8.37. The third kappa shape index (κ3) is 8.76. The number of alkyl carbamates (subject to hydrolysis) is 1. The second kappa shape index (κ2) is 14.0. The lowest BCUT2D eigenvalue weighted by atomic mass is 9.95. The predicted octanol–water partition coefficient (Wildman–Crippen LogP) is 7.50. The zero-order valence-electron chi connectivity index (χ0n) is 26.7. The molecule has 1 atom stereocenters. The number of halogens is 3. The van der Waals surface area contributed by atoms with E-state index in [2.05, 4.69) is 15.6 Å². The van der Waals surface area contributed by atoms with Gasteiger partial charge in [-0.3, -0.25) is 14.5 Å². The van der Waals surface area contributed by atoms with Gasteiger partial charge in [-0.1, -0.05) is 30.3 Å². The van der Waals surface area contributed by atoms with Crippen LogP contribution in [0.2, 0.25) is 0 Å². The third-order valence-corrected chi connectivity index (χ3v) is 7.80. The zero-order valence-corrected chi connectivity index (χ0v) is 26.7. The molecule has 1 aliphatic rings. The molecule has 1 fully saturated rings. The van der Waals surface area contributed by atoms with Crippen LogP contribution >= 0.6 is 0 Å². The molecule has 1 saturated heterocycles. The fourth-order valence-electron chi connectivity index (χ4n) is 5.32. The Hall–Kier alpha value is -4.71. The highest BCUT2D eigenvalue weighted by Gasteiger charge is 2.31. The monoisotopic (exact) mass is 649 g/mol. The van der Waals surface area contributed by atoms with Crippen LogP contribution in [-0.2, 0) is 22.2 Å². The van der Waals surface area contributed by atoms with Crippen molar-refractivity contribution in [1.82, 2.24) is 25.4 Å². The third-order valence-electron chi connectivity index (χ3n) is 7.80. The van der Waals surface area contributed by atoms with Gasteiger partial charge in [0, 0.05) is 43.9 Å². The second-order valence-electron chi connectivity index (χ2n) is 12.5. The van der Waals surface area contributed by atoms with Gasteiger partial charge in [-0.2, -0.15) is 18.3 Å². The maximum Gasteiger partial charge on any atom is 0.416 e. The van der Waals surface area contributed by atoms with E-state index in [1.807, 2.05) is 23.9 Å². The van der Waals surface area contributed by atoms with E-state index in [4.69, 9.17) is 14.6 Å². The second-order valence-corrected chi connectivity index (χ2v) is 12.5. The normalized spacial score (nSPS) is 14.8. The van der Waals surface area contributed by atoms with Crippen LogP contribution in [0.1, 0.15) is 79.7 Å². The topological polar surface area (TPSA) is 107 Å². The number of ether oxygens (including phenoxy) is 2. The molecule has 4 aromatic rings. The molecule has 248 valence electrons. The minimum atomic E-state index is -4.54. The molecule has 3 heterocycles. The Kier molecular flexibility index (Phi) is 9.99. The van der Waals surface area contributed by atoms with Gasteiger partial charge < -0.3 is 20.1 Å². The fraction of sp³-hybridized carbons (Fsp3) is 0.371. The SMILES string of the molecule is C[C@@H](NC(=O)c1cncc(-c2ccn(C3CCOCC3)n2)c1)c1ccc(-c2cc(C(F)(F)F)ccc2CNC(=O)OC(C)(C)C)cc1. The number of nitrogens with zero attached hydrogens (tertiary/aromatic N) is 3. The smallest absolute Gasteiger partial charge is 0.416 e. The molecule has 5 rings (SSSR count). The van der Waals surface area contributed by atoms with E-state index in [0.717, 1.165) is 41.8 Å². The summed E-state index contributed by atoms with van der Waals surface area (Å²) >= 11 is 0. The van der Waals surface area contributed by atoms with Crippen LogP contribution < -0.4 is 10.6 Å². The summed E-state index contributed by atoms with van der Waals surface area (Å²) < 4.78 is 53.5. The summed E-state index contributed by atoms with van der Waals surface area (Å²) in [6, 6.07) is 13.8. The highest BCUT2D eigenvalue weighted by atomic mass is 19.4. The maximum absolute atomic E-state index is 13.6. The minimum Gasteiger partial charge on any atom is -0.444 e. The average molecular weight is 650 g/mol. The van der Waals surface area contributed by atoms with Gasteiger partial charge in [0.15, 0.2) is 0 Å². The minimum absolute atomic E-state index is 0.0283. The van der Waals surface area contributed by atoms with Crippen molar-refractivity contribution < 1.29 is 32.2 Å². The number of hydrogen-bond donors (Lipinski definition) is 2. The Morgan fingerprint density at radius 2 is 1.72 bits per heavy atom. The molecule has 2 aromatic heterocycles. The Morgan fingerprint density at radius 3 is 2.40 bits per heavy atom. The predicted molar refractivity (Wildman–Crippen MR) is 170 cm³/mol. The van der Waals surface area contributed by atoms with Gasteiger partial charge in [0.2, 0.25) is 0 Å². The maximum atomic E-state index is 13.6. The molecule has 0 aliphatic carbocycles. The van der Waals surface area contributed by atoms with Gasteiger partial charge in [0.25, 0.3) is 5.91 Å². The van der Waals surface area contributed by atoms with Crippen molar-refractivity contribution in [3.8, 4) is 22.4 Å². The van der Waals surface area contributed by atoms with E-state index in [1.54, 1.807) is 57.3 Å². The molecule has 0 bridgehead atoms. The molecular formula is C35H38F3N5O4. The van der Waals surface area contributed by atoms with Crippen molar-refractivity contribution in [2.45, 2.75) is 70.9 Å². The summed E-state index contributed by atoms with van der Waals surface area (Å²) in [7, 11) is 0. The number of pyridine rings is 1. The first kappa shape index (κ1) is 33.6. The Morgan fingerprint density at radius 1 is 1.00 bits per heavy atom. The summed E-state index contributed by atoms with van der Waals surface area (Å²) in [5.41, 5.74) is 2.38. The average Bonchev–Trinajstić information content (AvgIpc) is 3.54. The van der Waals surface area contributed by atoms with Crippen LogP contribution in [-0.4, -0.2) is 45.6 Å². The van der Waals surface area contributed by atoms with E-state index in [-0.39, 0.29) is 18.5 Å². The summed E-state index contributed by atoms with van der Waals surface area (Å²) in [6.07, 6.45) is 1.67. The van der Waals surface area contributed by atoms with Crippen molar-refractivity contribution in [3.63, 3.8) is 0 Å². The first-order chi connectivity index (χ1) is 22.3. The number of nitrogens with one attached hydrogen (secondary N) is 2. The molecule has 0 saturated carbocycles. The molecule has 12 heteroatoms. The number of benzene rings is 2. The molecule has 2 aromatic carbocycles. The van der Waals surface area contributed by atoms with E-state index < -0.39 is 29.5 Å². The van der Waals surface area contributed by atoms with E-state index >= 15 is 0 Å². The van der Waals surface area contributed by atoms with Crippen LogP contribution in [0.15, 0.2) is 73.2 Å². The molecule has 0 spiro atoms. The molecule has 2 amide bonds. The highest BCUT2D eigenvalue weighted by Crippen LogP contribution is 2.35. The van der Waals surface area contributed by atoms with Crippen molar-refractivity contribution in [2.24, 2.45) is 0 Å². The van der Waals surface area contributed by atoms with Crippen molar-refractivity contribution in [2.75, 3.05) is 13.2 Å². The van der Waals surface area contributed by atoms with Gasteiger partial charge >= 0.3 is 12.3 Å². The lowest BCUT2D eigenvalue weighted by Gasteiger charge is -2.22. The van der Waals surface area contributed by atoms with Crippen LogP contribution in [0.25, 0.3) is 22.4 Å². The van der Waals surface area contributed by atoms with Crippen molar-refractivity contribution >= 4 is 12.0 Å². The van der Waals surface area contributed by atoms with Crippen molar-refractivity contribution in [1.29, 1.82) is 0 Å². The lowest BCUT2D eigenvalue weighted by molar-refractivity contribution is -0.137. The largest absolute Gasteiger partial charge is 0.444 e. The van der Waals surface area contributed by atoms with Crippen LogP contribution in [0, 0.1) is 0 Å². The zero-order chi connectivity index (χ0) is 33.8. The molecule has 0 unspecified atom stereocenters. The van der Waals surface area contributed by atoms with Gasteiger partial charge in [-0.25, -0.2) is 4.79 Å². The Bertz CT molecular complexity index is 1710. The lowest BCUT2D eigenvalue weighted by Crippen LogP contribution is -2.32. The number of aromatic nitrogens is 3. The molecule has 2 N–H and O–H groups in total. The molecule has 47 heavy (non-hydrogen) atoms. The van der Waals surface area contributed by atoms with Gasteiger partial charge in [-0.05, 0) is 87.1 Å². The molecule has 1 aliphatic heterocycles. The Balaban J connectivity index is 1.28. The van der Waals surface area contributed by atoms with Crippen LogP contribution in [0.5, 0.6) is 0 Å².